The molecule has 0 aromatic heterocycles. The number of hydrogen-bond acceptors (Lipinski definition) is 2. The van der Waals surface area contributed by atoms with Crippen LogP contribution in [0.2, 0.25) is 5.02 Å². The Hall–Kier alpha value is -1.09. The lowest BCUT2D eigenvalue weighted by molar-refractivity contribution is -0.385. The number of nitro benzene ring substituents is 1. The van der Waals surface area contributed by atoms with Crippen molar-refractivity contribution >= 4 is 17.3 Å². The molecule has 0 unspecified atom stereocenters. The summed E-state index contributed by atoms with van der Waals surface area (Å²) in [7, 11) is 0. The molecule has 0 saturated carbocycles. The lowest BCUT2D eigenvalue weighted by Gasteiger charge is -1.94. The van der Waals surface area contributed by atoms with Gasteiger partial charge in [-0.25, -0.2) is 0 Å². The number of nitrogens with zero attached hydrogens (tertiary/aromatic N) is 1. The highest BCUT2D eigenvalue weighted by molar-refractivity contribution is 6.31. The molecule has 11 heavy (non-hydrogen) atoms. The summed E-state index contributed by atoms with van der Waals surface area (Å²) in [5.41, 5.74) is 0.549. The Bertz CT molecular complexity index is 298. The van der Waals surface area contributed by atoms with Gasteiger partial charge in [-0.1, -0.05) is 11.6 Å². The highest BCUT2D eigenvalue weighted by atomic mass is 35.5. The largest absolute Gasteiger partial charge is 0.277 e. The Labute approximate surface area is 68.8 Å². The van der Waals surface area contributed by atoms with Gasteiger partial charge in [0.1, 0.15) is 0 Å². The fourth-order valence-electron chi connectivity index (χ4n) is 0.677. The van der Waals surface area contributed by atoms with Crippen LogP contribution in [0.25, 0.3) is 0 Å². The summed E-state index contributed by atoms with van der Waals surface area (Å²) in [6.07, 6.45) is 0. The number of halogens is 1. The number of benzene rings is 1. The Kier molecular flexibility index (Phi) is 2.10. The SMILES string of the molecule is Cc1[c]c([N+](=O)[O-])ccc1Cl. The zero-order chi connectivity index (χ0) is 8.43. The van der Waals surface area contributed by atoms with Crippen LogP contribution in [0.1, 0.15) is 5.56 Å². The summed E-state index contributed by atoms with van der Waals surface area (Å²) >= 11 is 5.63. The number of rotatable bonds is 1. The van der Waals surface area contributed by atoms with Gasteiger partial charge in [-0.05, 0) is 18.6 Å². The van der Waals surface area contributed by atoms with Gasteiger partial charge in [-0.15, -0.1) is 0 Å². The lowest BCUT2D eigenvalue weighted by Crippen LogP contribution is -1.88. The Morgan fingerprint density at radius 2 is 2.27 bits per heavy atom. The second kappa shape index (κ2) is 2.88. The summed E-state index contributed by atoms with van der Waals surface area (Å²) in [6, 6.07) is 5.36. The second-order valence-electron chi connectivity index (χ2n) is 2.07. The highest BCUT2D eigenvalue weighted by Crippen LogP contribution is 2.19. The molecule has 1 radical (unpaired) electrons. The number of nitro groups is 1. The molecule has 0 aliphatic rings. The van der Waals surface area contributed by atoms with E-state index in [0.29, 0.717) is 10.6 Å². The van der Waals surface area contributed by atoms with E-state index in [0.717, 1.165) is 0 Å². The molecular formula is C7H5ClNO2. The third-order valence-corrected chi connectivity index (χ3v) is 1.67. The van der Waals surface area contributed by atoms with Gasteiger partial charge in [0.2, 0.25) is 0 Å². The van der Waals surface area contributed by atoms with Gasteiger partial charge >= 0.3 is 0 Å². The minimum atomic E-state index is -0.497. The first-order valence-corrected chi connectivity index (χ1v) is 3.32. The van der Waals surface area contributed by atoms with Crippen molar-refractivity contribution in [2.45, 2.75) is 6.92 Å². The van der Waals surface area contributed by atoms with Crippen molar-refractivity contribution in [3.05, 3.63) is 38.9 Å². The number of aryl methyl sites for hydroxylation is 1. The summed E-state index contributed by atoms with van der Waals surface area (Å²) in [5, 5.41) is 10.7. The van der Waals surface area contributed by atoms with Crippen LogP contribution in [-0.4, -0.2) is 4.92 Å². The van der Waals surface area contributed by atoms with Crippen molar-refractivity contribution in [3.8, 4) is 0 Å². The first-order chi connectivity index (χ1) is 5.11. The fraction of sp³-hybridized carbons (Fsp3) is 0.143. The van der Waals surface area contributed by atoms with Crippen molar-refractivity contribution in [2.24, 2.45) is 0 Å². The van der Waals surface area contributed by atoms with Crippen molar-refractivity contribution in [3.63, 3.8) is 0 Å². The topological polar surface area (TPSA) is 43.1 Å². The molecule has 0 bridgehead atoms. The highest BCUT2D eigenvalue weighted by Gasteiger charge is 2.06. The van der Waals surface area contributed by atoms with Crippen molar-refractivity contribution in [2.75, 3.05) is 0 Å². The van der Waals surface area contributed by atoms with Crippen LogP contribution in [0.3, 0.4) is 0 Å². The summed E-state index contributed by atoms with van der Waals surface area (Å²) in [4.78, 5) is 9.70. The van der Waals surface area contributed by atoms with Gasteiger partial charge in [0.15, 0.2) is 0 Å². The van der Waals surface area contributed by atoms with E-state index in [-0.39, 0.29) is 5.69 Å². The zero-order valence-corrected chi connectivity index (χ0v) is 6.55. The minimum absolute atomic E-state index is 0.0492. The second-order valence-corrected chi connectivity index (χ2v) is 2.48. The first-order valence-electron chi connectivity index (χ1n) is 2.94. The van der Waals surface area contributed by atoms with E-state index in [1.54, 1.807) is 6.92 Å². The number of hydrogen-bond donors (Lipinski definition) is 0. The fourth-order valence-corrected chi connectivity index (χ4v) is 0.787. The third kappa shape index (κ3) is 1.68. The Morgan fingerprint density at radius 3 is 2.73 bits per heavy atom. The molecule has 0 aliphatic heterocycles. The maximum atomic E-state index is 10.2. The Morgan fingerprint density at radius 1 is 1.64 bits per heavy atom. The molecule has 3 nitrogen and oxygen atoms in total. The van der Waals surface area contributed by atoms with E-state index < -0.39 is 4.92 Å². The molecule has 0 amide bonds. The van der Waals surface area contributed by atoms with E-state index in [4.69, 9.17) is 11.6 Å². The smallest absolute Gasteiger partial charge is 0.258 e. The molecular weight excluding hydrogens is 166 g/mol. The molecule has 1 aromatic carbocycles. The molecule has 4 heteroatoms. The molecule has 0 N–H and O–H groups in total. The molecule has 1 rings (SSSR count). The van der Waals surface area contributed by atoms with E-state index in [9.17, 15) is 10.1 Å². The minimum Gasteiger partial charge on any atom is -0.258 e. The van der Waals surface area contributed by atoms with Crippen LogP contribution in [0.5, 0.6) is 0 Å². The first kappa shape index (κ1) is 8.01. The molecule has 0 spiro atoms. The van der Waals surface area contributed by atoms with Crippen LogP contribution in [-0.2, 0) is 0 Å². The van der Waals surface area contributed by atoms with E-state index in [1.807, 2.05) is 0 Å². The summed E-state index contributed by atoms with van der Waals surface area (Å²) in [6.45, 7) is 1.68. The number of non-ortho nitro benzene ring substituents is 1. The molecule has 0 heterocycles. The van der Waals surface area contributed by atoms with Crippen molar-refractivity contribution in [1.82, 2.24) is 0 Å². The van der Waals surface area contributed by atoms with Gasteiger partial charge in [-0.3, -0.25) is 10.1 Å². The third-order valence-electron chi connectivity index (χ3n) is 1.26. The normalized spacial score (nSPS) is 9.64. The average Bonchev–Trinajstić information content (AvgIpc) is 1.94. The van der Waals surface area contributed by atoms with Crippen LogP contribution in [0.15, 0.2) is 12.1 Å². The molecule has 0 atom stereocenters. The standard InChI is InChI=1S/C7H5ClNO2/c1-5-4-6(9(10)11)2-3-7(5)8/h2-3H,1H3. The maximum absolute atomic E-state index is 10.2. The molecule has 0 aliphatic carbocycles. The predicted octanol–water partition coefficient (Wildman–Crippen LogP) is 2.36. The summed E-state index contributed by atoms with van der Waals surface area (Å²) < 4.78 is 0. The molecule has 1 aromatic rings. The van der Waals surface area contributed by atoms with Crippen LogP contribution < -0.4 is 0 Å². The van der Waals surface area contributed by atoms with Crippen LogP contribution in [0, 0.1) is 23.1 Å². The zero-order valence-electron chi connectivity index (χ0n) is 5.80. The molecule has 0 saturated heterocycles. The van der Waals surface area contributed by atoms with Crippen LogP contribution >= 0.6 is 11.6 Å². The summed E-state index contributed by atoms with van der Waals surface area (Å²) in [5.74, 6) is 0. The predicted molar refractivity (Wildman–Crippen MR) is 41.7 cm³/mol. The average molecular weight is 171 g/mol. The van der Waals surface area contributed by atoms with Gasteiger partial charge in [0.25, 0.3) is 5.69 Å². The van der Waals surface area contributed by atoms with Crippen LogP contribution in [0.4, 0.5) is 5.69 Å². The van der Waals surface area contributed by atoms with Gasteiger partial charge in [-0.2, -0.15) is 0 Å². The van der Waals surface area contributed by atoms with E-state index in [2.05, 4.69) is 6.07 Å². The van der Waals surface area contributed by atoms with E-state index in [1.165, 1.54) is 12.1 Å². The Balaban J connectivity index is 3.15. The molecule has 0 fully saturated rings. The van der Waals surface area contributed by atoms with Crippen molar-refractivity contribution < 1.29 is 4.92 Å². The van der Waals surface area contributed by atoms with Gasteiger partial charge in [0.05, 0.1) is 11.0 Å². The quantitative estimate of drug-likeness (QED) is 0.480. The molecule has 57 valence electrons. The van der Waals surface area contributed by atoms with E-state index >= 15 is 0 Å². The maximum Gasteiger partial charge on any atom is 0.277 e. The van der Waals surface area contributed by atoms with Gasteiger partial charge < -0.3 is 0 Å². The monoisotopic (exact) mass is 170 g/mol. The lowest BCUT2D eigenvalue weighted by atomic mass is 10.2. The van der Waals surface area contributed by atoms with Crippen molar-refractivity contribution in [1.29, 1.82) is 0 Å². The van der Waals surface area contributed by atoms with Gasteiger partial charge in [0, 0.05) is 11.1 Å².